The summed E-state index contributed by atoms with van der Waals surface area (Å²) in [5, 5.41) is 0. The van der Waals surface area contributed by atoms with E-state index in [9.17, 15) is 35.9 Å². The van der Waals surface area contributed by atoms with Crippen LogP contribution in [-0.4, -0.2) is 49.6 Å². The van der Waals surface area contributed by atoms with Gasteiger partial charge in [-0.3, -0.25) is 4.79 Å². The van der Waals surface area contributed by atoms with E-state index >= 15 is 0 Å². The number of rotatable bonds is 7. The molecule has 0 aromatic heterocycles. The third-order valence-electron chi connectivity index (χ3n) is 3.25. The maximum absolute atomic E-state index is 13.2. The first-order valence-electron chi connectivity index (χ1n) is 6.76. The molecule has 0 saturated carbocycles. The van der Waals surface area contributed by atoms with Crippen molar-refractivity contribution in [3.05, 3.63) is 0 Å². The number of carbonyl (C=O) groups excluding carboxylic acids is 2. The summed E-state index contributed by atoms with van der Waals surface area (Å²) < 4.78 is 95.4. The Morgan fingerprint density at radius 2 is 1.24 bits per heavy atom. The highest BCUT2D eigenvalue weighted by molar-refractivity contribution is 5.66. The molecule has 25 heavy (non-hydrogen) atoms. The minimum atomic E-state index is -5.21. The van der Waals surface area contributed by atoms with Gasteiger partial charge in [0.05, 0.1) is 0 Å². The van der Waals surface area contributed by atoms with Crippen molar-refractivity contribution >= 4 is 12.1 Å². The van der Waals surface area contributed by atoms with Crippen LogP contribution in [0.1, 0.15) is 33.6 Å². The molecule has 0 bridgehead atoms. The van der Waals surface area contributed by atoms with Crippen LogP contribution in [0.5, 0.6) is 0 Å². The molecule has 0 aliphatic carbocycles. The molecule has 0 rings (SSSR count). The SMILES string of the molecule is COCOC(=O)OC(C)(CCC(C)(OC(C)=O)C(F)(F)F)C(F)(F)F. The van der Waals surface area contributed by atoms with Gasteiger partial charge in [0.1, 0.15) is 0 Å². The lowest BCUT2D eigenvalue weighted by molar-refractivity contribution is -0.284. The van der Waals surface area contributed by atoms with Crippen molar-refractivity contribution in [1.82, 2.24) is 0 Å². The van der Waals surface area contributed by atoms with Crippen molar-refractivity contribution in [2.24, 2.45) is 0 Å². The number of methoxy groups -OCH3 is 1. The molecule has 12 heteroatoms. The molecule has 2 atom stereocenters. The fraction of sp³-hybridized carbons (Fsp3) is 0.846. The maximum atomic E-state index is 13.2. The first-order valence-corrected chi connectivity index (χ1v) is 6.76. The molecule has 0 aromatic carbocycles. The van der Waals surface area contributed by atoms with E-state index in [1.807, 2.05) is 0 Å². The molecule has 2 unspecified atom stereocenters. The number of ether oxygens (including phenoxy) is 4. The van der Waals surface area contributed by atoms with Gasteiger partial charge in [-0.25, -0.2) is 4.79 Å². The Hall–Kier alpha value is -1.72. The lowest BCUT2D eigenvalue weighted by atomic mass is 9.90. The fourth-order valence-electron chi connectivity index (χ4n) is 1.62. The van der Waals surface area contributed by atoms with Crippen LogP contribution in [0, 0.1) is 0 Å². The van der Waals surface area contributed by atoms with Gasteiger partial charge in [0, 0.05) is 26.9 Å². The number of esters is 1. The third kappa shape index (κ3) is 6.59. The molecule has 0 amide bonds. The zero-order chi connectivity index (χ0) is 20.1. The second-order valence-corrected chi connectivity index (χ2v) is 5.45. The van der Waals surface area contributed by atoms with Crippen molar-refractivity contribution in [3.63, 3.8) is 0 Å². The number of hydrogen-bond acceptors (Lipinski definition) is 6. The van der Waals surface area contributed by atoms with E-state index in [0.717, 1.165) is 7.11 Å². The van der Waals surface area contributed by atoms with Gasteiger partial charge in [0.2, 0.25) is 11.2 Å². The van der Waals surface area contributed by atoms with Crippen LogP contribution in [-0.2, 0) is 23.7 Å². The van der Waals surface area contributed by atoms with E-state index in [2.05, 4.69) is 18.9 Å². The van der Waals surface area contributed by atoms with Gasteiger partial charge >= 0.3 is 24.5 Å². The molecule has 0 aliphatic rings. The van der Waals surface area contributed by atoms with Gasteiger partial charge in [-0.05, 0) is 13.8 Å². The topological polar surface area (TPSA) is 71.1 Å². The van der Waals surface area contributed by atoms with Gasteiger partial charge in [-0.15, -0.1) is 0 Å². The van der Waals surface area contributed by atoms with Crippen LogP contribution in [0.4, 0.5) is 31.1 Å². The van der Waals surface area contributed by atoms with Crippen molar-refractivity contribution < 1.29 is 54.9 Å². The molecule has 0 spiro atoms. The van der Waals surface area contributed by atoms with Crippen LogP contribution in [0.3, 0.4) is 0 Å². The quantitative estimate of drug-likeness (QED) is 0.378. The Labute approximate surface area is 139 Å². The normalized spacial score (nSPS) is 17.2. The molecule has 0 fully saturated rings. The van der Waals surface area contributed by atoms with Crippen molar-refractivity contribution in [2.45, 2.75) is 57.2 Å². The summed E-state index contributed by atoms with van der Waals surface area (Å²) in [5.74, 6) is -1.33. The molecule has 148 valence electrons. The van der Waals surface area contributed by atoms with Crippen LogP contribution in [0.25, 0.3) is 0 Å². The Balaban J connectivity index is 5.38. The Morgan fingerprint density at radius 1 is 0.840 bits per heavy atom. The molecule has 0 aromatic rings. The first kappa shape index (κ1) is 23.3. The summed E-state index contributed by atoms with van der Waals surface area (Å²) >= 11 is 0. The minimum Gasteiger partial charge on any atom is -0.450 e. The molecular formula is C13H18F6O6. The van der Waals surface area contributed by atoms with Gasteiger partial charge < -0.3 is 18.9 Å². The monoisotopic (exact) mass is 384 g/mol. The number of halogens is 6. The highest BCUT2D eigenvalue weighted by Gasteiger charge is 2.59. The van der Waals surface area contributed by atoms with Crippen LogP contribution in [0.15, 0.2) is 0 Å². The Bertz CT molecular complexity index is 477. The van der Waals surface area contributed by atoms with E-state index in [0.29, 0.717) is 20.8 Å². The highest BCUT2D eigenvalue weighted by Crippen LogP contribution is 2.43. The molecular weight excluding hydrogens is 366 g/mol. The first-order chi connectivity index (χ1) is 11.1. The van der Waals surface area contributed by atoms with Crippen molar-refractivity contribution in [3.8, 4) is 0 Å². The molecule has 6 nitrogen and oxygen atoms in total. The summed E-state index contributed by atoms with van der Waals surface area (Å²) in [6.07, 6.45) is -14.8. The smallest absolute Gasteiger partial charge is 0.450 e. The average molecular weight is 384 g/mol. The van der Waals surface area contributed by atoms with E-state index in [-0.39, 0.29) is 0 Å². The summed E-state index contributed by atoms with van der Waals surface area (Å²) in [4.78, 5) is 22.1. The summed E-state index contributed by atoms with van der Waals surface area (Å²) in [6, 6.07) is 0. The molecule has 0 heterocycles. The van der Waals surface area contributed by atoms with Crippen LogP contribution >= 0.6 is 0 Å². The second-order valence-electron chi connectivity index (χ2n) is 5.45. The van der Waals surface area contributed by atoms with Gasteiger partial charge in [-0.2, -0.15) is 26.3 Å². The number of hydrogen-bond donors (Lipinski definition) is 0. The van der Waals surface area contributed by atoms with Gasteiger partial charge in [-0.1, -0.05) is 0 Å². The lowest BCUT2D eigenvalue weighted by Crippen LogP contribution is -2.51. The average Bonchev–Trinajstić information content (AvgIpc) is 2.39. The van der Waals surface area contributed by atoms with E-state index in [1.165, 1.54) is 0 Å². The number of carbonyl (C=O) groups is 2. The second kappa shape index (κ2) is 8.11. The third-order valence-corrected chi connectivity index (χ3v) is 3.25. The van der Waals surface area contributed by atoms with Gasteiger partial charge in [0.15, 0.2) is 6.79 Å². The zero-order valence-electron chi connectivity index (χ0n) is 13.8. The Morgan fingerprint density at radius 3 is 1.56 bits per heavy atom. The predicted octanol–water partition coefficient (Wildman–Crippen LogP) is 3.73. The van der Waals surface area contributed by atoms with E-state index in [4.69, 9.17) is 0 Å². The lowest BCUT2D eigenvalue weighted by Gasteiger charge is -2.36. The van der Waals surface area contributed by atoms with Crippen LogP contribution in [0.2, 0.25) is 0 Å². The van der Waals surface area contributed by atoms with Crippen molar-refractivity contribution in [1.29, 1.82) is 0 Å². The minimum absolute atomic E-state index is 0.381. The van der Waals surface area contributed by atoms with Crippen molar-refractivity contribution in [2.75, 3.05) is 13.9 Å². The highest BCUT2D eigenvalue weighted by atomic mass is 19.4. The van der Waals surface area contributed by atoms with Crippen LogP contribution < -0.4 is 0 Å². The van der Waals surface area contributed by atoms with E-state index in [1.54, 1.807) is 0 Å². The maximum Gasteiger partial charge on any atom is 0.511 e. The van der Waals surface area contributed by atoms with Gasteiger partial charge in [0.25, 0.3) is 0 Å². The predicted molar refractivity (Wildman–Crippen MR) is 69.4 cm³/mol. The summed E-state index contributed by atoms with van der Waals surface area (Å²) in [7, 11) is 1.09. The summed E-state index contributed by atoms with van der Waals surface area (Å²) in [6.45, 7) is 0.784. The number of alkyl halides is 6. The Kier molecular flexibility index (Phi) is 7.55. The fourth-order valence-corrected chi connectivity index (χ4v) is 1.62. The largest absolute Gasteiger partial charge is 0.511 e. The molecule has 0 N–H and O–H groups in total. The zero-order valence-corrected chi connectivity index (χ0v) is 13.8. The molecule has 0 saturated heterocycles. The molecule has 0 radical (unpaired) electrons. The summed E-state index contributed by atoms with van der Waals surface area (Å²) in [5.41, 5.74) is -6.49. The standard InChI is InChI=1S/C13H18F6O6/c1-8(20)24-10(2,12(14,15)16)5-6-11(3,13(17,18)19)25-9(21)23-7-22-4/h5-7H2,1-4H3. The van der Waals surface area contributed by atoms with E-state index < -0.39 is 55.3 Å². The molecule has 0 aliphatic heterocycles.